The van der Waals surface area contributed by atoms with Gasteiger partial charge >= 0.3 is 5.97 Å². The van der Waals surface area contributed by atoms with Crippen LogP contribution in [-0.4, -0.2) is 34.5 Å². The number of benzene rings is 1. The number of aliphatic carboxylic acids is 1. The van der Waals surface area contributed by atoms with Gasteiger partial charge in [-0.25, -0.2) is 0 Å². The van der Waals surface area contributed by atoms with Gasteiger partial charge < -0.3 is 5.11 Å². The lowest BCUT2D eigenvalue weighted by molar-refractivity contribution is -0.137. The summed E-state index contributed by atoms with van der Waals surface area (Å²) in [5, 5.41) is 27.4. The van der Waals surface area contributed by atoms with Crippen LogP contribution in [0.2, 0.25) is 5.02 Å². The van der Waals surface area contributed by atoms with Gasteiger partial charge in [0.2, 0.25) is 0 Å². The molecule has 2 heterocycles. The van der Waals surface area contributed by atoms with E-state index in [1.54, 1.807) is 24.0 Å². The van der Waals surface area contributed by atoms with Gasteiger partial charge in [-0.05, 0) is 44.9 Å². The third-order valence-electron chi connectivity index (χ3n) is 4.73. The number of thiophene rings is 1. The van der Waals surface area contributed by atoms with Crippen LogP contribution in [0.5, 0.6) is 0 Å². The Kier molecular flexibility index (Phi) is 5.67. The van der Waals surface area contributed by atoms with Crippen molar-refractivity contribution in [2.75, 3.05) is 4.90 Å². The number of rotatable bonds is 4. The van der Waals surface area contributed by atoms with Crippen molar-refractivity contribution in [3.63, 3.8) is 0 Å². The van der Waals surface area contributed by atoms with Crippen LogP contribution >= 0.6 is 22.9 Å². The molecule has 3 N–H and O–H groups in total. The number of fused-ring (bicyclic) bond motifs is 1. The van der Waals surface area contributed by atoms with Crippen LogP contribution in [0.1, 0.15) is 41.3 Å². The summed E-state index contributed by atoms with van der Waals surface area (Å²) in [6.45, 7) is 5.65. The number of carbonyl (C=O) groups is 1. The molecule has 0 fully saturated rings. The molecule has 6 nitrogen and oxygen atoms in total. The van der Waals surface area contributed by atoms with Crippen LogP contribution < -0.4 is 4.90 Å². The number of anilines is 1. The Bertz CT molecular complexity index is 994. The third kappa shape index (κ3) is 3.72. The predicted molar refractivity (Wildman–Crippen MR) is 115 cm³/mol. The molecule has 0 amide bonds. The zero-order valence-electron chi connectivity index (χ0n) is 15.8. The van der Waals surface area contributed by atoms with Crippen LogP contribution in [-0.2, 0) is 4.79 Å². The lowest BCUT2D eigenvalue weighted by Crippen LogP contribution is -2.40. The van der Waals surface area contributed by atoms with Gasteiger partial charge in [0.1, 0.15) is 22.7 Å². The molecule has 3 rings (SSSR count). The summed E-state index contributed by atoms with van der Waals surface area (Å²) < 4.78 is 0. The van der Waals surface area contributed by atoms with E-state index in [1.807, 2.05) is 26.0 Å². The van der Waals surface area contributed by atoms with Crippen LogP contribution in [0, 0.1) is 24.7 Å². The monoisotopic (exact) mass is 416 g/mol. The first kappa shape index (κ1) is 20.2. The second-order valence-corrected chi connectivity index (χ2v) is 8.34. The predicted octanol–water partition coefficient (Wildman–Crippen LogP) is 4.88. The average molecular weight is 417 g/mol. The quantitative estimate of drug-likeness (QED) is 0.488. The van der Waals surface area contributed by atoms with Crippen molar-refractivity contribution in [2.45, 2.75) is 39.7 Å². The molecule has 1 aliphatic heterocycles. The Hall–Kier alpha value is -2.51. The molecule has 1 aromatic heterocycles. The number of amidine groups is 2. The van der Waals surface area contributed by atoms with Crippen molar-refractivity contribution in [1.29, 1.82) is 10.8 Å². The molecule has 0 saturated heterocycles. The SMILES string of the molecule is CC(=N)N1C(=N)[C@H](CCC(=O)O)N=C(c2ccc(Cl)cc2)c2c1sc(C)c2C. The van der Waals surface area contributed by atoms with Gasteiger partial charge in [0.25, 0.3) is 0 Å². The fourth-order valence-corrected chi connectivity index (χ4v) is 4.56. The Morgan fingerprint density at radius 2 is 1.96 bits per heavy atom. The Morgan fingerprint density at radius 3 is 2.54 bits per heavy atom. The largest absolute Gasteiger partial charge is 0.481 e. The number of halogens is 1. The highest BCUT2D eigenvalue weighted by Crippen LogP contribution is 2.40. The standard InChI is InChI=1S/C20H21ClN4O2S/c1-10-11(2)28-20-17(10)18(13-4-6-14(21)7-5-13)24-15(8-9-16(26)27)19(23)25(20)12(3)22/h4-7,15,22-23H,8-9H2,1-3H3,(H,26,27)/t15-/m0/s1. The first-order chi connectivity index (χ1) is 13.2. The second kappa shape index (κ2) is 7.85. The minimum atomic E-state index is -0.930. The number of nitrogens with one attached hydrogen (secondary N) is 2. The van der Waals surface area contributed by atoms with Crippen molar-refractivity contribution in [2.24, 2.45) is 4.99 Å². The fraction of sp³-hybridized carbons (Fsp3) is 0.300. The lowest BCUT2D eigenvalue weighted by atomic mass is 9.99. The maximum Gasteiger partial charge on any atom is 0.303 e. The molecule has 0 spiro atoms. The highest BCUT2D eigenvalue weighted by atomic mass is 35.5. The van der Waals surface area contributed by atoms with E-state index in [0.717, 1.165) is 26.6 Å². The lowest BCUT2D eigenvalue weighted by Gasteiger charge is -2.24. The van der Waals surface area contributed by atoms with Crippen LogP contribution in [0.3, 0.4) is 0 Å². The maximum absolute atomic E-state index is 11.1. The number of hydrogen-bond acceptors (Lipinski definition) is 5. The van der Waals surface area contributed by atoms with Crippen molar-refractivity contribution in [1.82, 2.24) is 0 Å². The zero-order valence-corrected chi connectivity index (χ0v) is 17.4. The normalized spacial score (nSPS) is 16.4. The van der Waals surface area contributed by atoms with Crippen LogP contribution in [0.4, 0.5) is 5.00 Å². The number of nitrogens with zero attached hydrogens (tertiary/aromatic N) is 2. The highest BCUT2D eigenvalue weighted by molar-refractivity contribution is 7.17. The van der Waals surface area contributed by atoms with Gasteiger partial charge in [0.15, 0.2) is 0 Å². The zero-order chi connectivity index (χ0) is 20.6. The summed E-state index contributed by atoms with van der Waals surface area (Å²) in [5.74, 6) is -0.596. The Morgan fingerprint density at radius 1 is 1.32 bits per heavy atom. The molecule has 146 valence electrons. The van der Waals surface area contributed by atoms with Crippen LogP contribution in [0.25, 0.3) is 0 Å². The molecular weight excluding hydrogens is 396 g/mol. The van der Waals surface area contributed by atoms with E-state index in [4.69, 9.17) is 32.5 Å². The van der Waals surface area contributed by atoms with Gasteiger partial charge in [-0.1, -0.05) is 23.7 Å². The number of aryl methyl sites for hydroxylation is 1. The summed E-state index contributed by atoms with van der Waals surface area (Å²) in [6, 6.07) is 6.68. The Balaban J connectivity index is 2.25. The molecule has 28 heavy (non-hydrogen) atoms. The summed E-state index contributed by atoms with van der Waals surface area (Å²) in [7, 11) is 0. The molecule has 1 aromatic carbocycles. The van der Waals surface area contributed by atoms with E-state index in [-0.39, 0.29) is 24.5 Å². The average Bonchev–Trinajstić information content (AvgIpc) is 2.83. The first-order valence-corrected chi connectivity index (χ1v) is 9.99. The smallest absolute Gasteiger partial charge is 0.303 e. The maximum atomic E-state index is 11.1. The van der Waals surface area contributed by atoms with Gasteiger partial charge in [-0.2, -0.15) is 0 Å². The third-order valence-corrected chi connectivity index (χ3v) is 6.18. The fourth-order valence-electron chi connectivity index (χ4n) is 3.21. The molecule has 8 heteroatoms. The number of carboxylic acids is 1. The summed E-state index contributed by atoms with van der Waals surface area (Å²) in [5.41, 5.74) is 3.49. The van der Waals surface area contributed by atoms with Crippen molar-refractivity contribution < 1.29 is 9.90 Å². The minimum Gasteiger partial charge on any atom is -0.481 e. The second-order valence-electron chi connectivity index (χ2n) is 6.70. The minimum absolute atomic E-state index is 0.0962. The molecule has 0 bridgehead atoms. The number of carboxylic acid groups (broad SMARTS) is 1. The van der Waals surface area contributed by atoms with E-state index in [9.17, 15) is 4.79 Å². The highest BCUT2D eigenvalue weighted by Gasteiger charge is 2.33. The topological polar surface area (TPSA) is 101 Å². The molecule has 0 radical (unpaired) electrons. The van der Waals surface area contributed by atoms with E-state index in [2.05, 4.69) is 0 Å². The molecule has 2 aromatic rings. The van der Waals surface area contributed by atoms with Crippen molar-refractivity contribution >= 4 is 51.3 Å². The van der Waals surface area contributed by atoms with E-state index in [1.165, 1.54) is 11.3 Å². The van der Waals surface area contributed by atoms with Gasteiger partial charge in [0, 0.05) is 27.4 Å². The van der Waals surface area contributed by atoms with Crippen LogP contribution in [0.15, 0.2) is 29.3 Å². The van der Waals surface area contributed by atoms with Gasteiger partial charge in [-0.3, -0.25) is 25.5 Å². The summed E-state index contributed by atoms with van der Waals surface area (Å²) in [6.07, 6.45) is 0.100. The van der Waals surface area contributed by atoms with Gasteiger partial charge in [0.05, 0.1) is 5.71 Å². The first-order valence-electron chi connectivity index (χ1n) is 8.80. The summed E-state index contributed by atoms with van der Waals surface area (Å²) >= 11 is 7.57. The molecule has 0 aliphatic carbocycles. The molecule has 0 unspecified atom stereocenters. The number of hydrogen-bond donors (Lipinski definition) is 3. The van der Waals surface area contributed by atoms with E-state index < -0.39 is 12.0 Å². The van der Waals surface area contributed by atoms with Gasteiger partial charge in [-0.15, -0.1) is 11.3 Å². The number of aliphatic imine (C=N–C) groups is 1. The molecular formula is C20H21ClN4O2S. The van der Waals surface area contributed by atoms with Crippen molar-refractivity contribution in [3.05, 3.63) is 50.9 Å². The Labute approximate surface area is 172 Å². The molecule has 0 saturated carbocycles. The van der Waals surface area contributed by atoms with Crippen molar-refractivity contribution in [3.8, 4) is 0 Å². The molecule has 1 aliphatic rings. The summed E-state index contributed by atoms with van der Waals surface area (Å²) in [4.78, 5) is 18.6. The van der Waals surface area contributed by atoms with E-state index >= 15 is 0 Å². The molecule has 1 atom stereocenters. The van der Waals surface area contributed by atoms with E-state index in [0.29, 0.717) is 10.7 Å².